The van der Waals surface area contributed by atoms with Crippen molar-refractivity contribution in [1.29, 1.82) is 0 Å². The van der Waals surface area contributed by atoms with E-state index in [1.807, 2.05) is 0 Å². The number of nitrogens with zero attached hydrogens (tertiary/aromatic N) is 1. The molecule has 0 aliphatic carbocycles. The monoisotopic (exact) mass is 226 g/mol. The highest BCUT2D eigenvalue weighted by Gasteiger charge is 2.23. The zero-order valence-electron chi connectivity index (χ0n) is 9.41. The first-order valence-electron chi connectivity index (χ1n) is 5.92. The first-order chi connectivity index (χ1) is 7.75. The van der Waals surface area contributed by atoms with Crippen molar-refractivity contribution in [3.63, 3.8) is 0 Å². The fraction of sp³-hybridized carbons (Fsp3) is 0.818. The van der Waals surface area contributed by atoms with Gasteiger partial charge in [-0.15, -0.1) is 0 Å². The Morgan fingerprint density at radius 1 is 1.56 bits per heavy atom. The summed E-state index contributed by atoms with van der Waals surface area (Å²) in [5, 5.41) is 2.71. The Bertz CT molecular complexity index is 274. The van der Waals surface area contributed by atoms with Crippen LogP contribution >= 0.6 is 0 Å². The fourth-order valence-electron chi connectivity index (χ4n) is 2.17. The summed E-state index contributed by atoms with van der Waals surface area (Å²) in [7, 11) is 0. The van der Waals surface area contributed by atoms with Crippen LogP contribution < -0.4 is 5.32 Å². The molecule has 0 aromatic rings. The third-order valence-corrected chi connectivity index (χ3v) is 3.10. The lowest BCUT2D eigenvalue weighted by molar-refractivity contribution is -0.138. The van der Waals surface area contributed by atoms with Gasteiger partial charge in [0.2, 0.25) is 11.8 Å². The van der Waals surface area contributed by atoms with Crippen LogP contribution in [-0.4, -0.2) is 49.1 Å². The smallest absolute Gasteiger partial charge is 0.239 e. The number of amides is 2. The van der Waals surface area contributed by atoms with Crippen LogP contribution in [0.15, 0.2) is 0 Å². The molecule has 90 valence electrons. The van der Waals surface area contributed by atoms with Crippen LogP contribution in [0, 0.1) is 0 Å². The third-order valence-electron chi connectivity index (χ3n) is 3.10. The number of hydrogen-bond acceptors (Lipinski definition) is 3. The van der Waals surface area contributed by atoms with Crippen LogP contribution in [0.4, 0.5) is 0 Å². The summed E-state index contributed by atoms with van der Waals surface area (Å²) < 4.78 is 5.46. The lowest BCUT2D eigenvalue weighted by Gasteiger charge is -2.27. The van der Waals surface area contributed by atoms with Crippen LogP contribution in [0.1, 0.15) is 25.7 Å². The molecule has 0 radical (unpaired) electrons. The Morgan fingerprint density at radius 3 is 3.12 bits per heavy atom. The summed E-state index contributed by atoms with van der Waals surface area (Å²) in [6.45, 7) is 2.25. The van der Waals surface area contributed by atoms with Crippen molar-refractivity contribution in [1.82, 2.24) is 10.2 Å². The number of nitrogens with one attached hydrogen (secondary N) is 1. The quantitative estimate of drug-likeness (QED) is 0.731. The van der Waals surface area contributed by atoms with E-state index in [9.17, 15) is 9.59 Å². The molecule has 2 rings (SSSR count). The van der Waals surface area contributed by atoms with Gasteiger partial charge in [-0.1, -0.05) is 0 Å². The van der Waals surface area contributed by atoms with E-state index < -0.39 is 0 Å². The molecule has 1 unspecified atom stereocenters. The van der Waals surface area contributed by atoms with Gasteiger partial charge in [0.1, 0.15) is 0 Å². The van der Waals surface area contributed by atoms with Crippen molar-refractivity contribution in [2.24, 2.45) is 0 Å². The van der Waals surface area contributed by atoms with E-state index in [1.54, 1.807) is 4.90 Å². The molecule has 0 aromatic carbocycles. The van der Waals surface area contributed by atoms with E-state index in [1.165, 1.54) is 0 Å². The van der Waals surface area contributed by atoms with E-state index in [0.717, 1.165) is 25.9 Å². The molecule has 2 fully saturated rings. The van der Waals surface area contributed by atoms with E-state index in [4.69, 9.17) is 4.74 Å². The molecule has 2 aliphatic heterocycles. The van der Waals surface area contributed by atoms with Crippen LogP contribution in [0.3, 0.4) is 0 Å². The van der Waals surface area contributed by atoms with Crippen molar-refractivity contribution in [2.45, 2.75) is 31.8 Å². The van der Waals surface area contributed by atoms with Crippen molar-refractivity contribution < 1.29 is 14.3 Å². The van der Waals surface area contributed by atoms with Crippen LogP contribution in [0.5, 0.6) is 0 Å². The number of ether oxygens (including phenoxy) is 1. The predicted octanol–water partition coefficient (Wildman–Crippen LogP) is -0.0960. The summed E-state index contributed by atoms with van der Waals surface area (Å²) >= 11 is 0. The Kier molecular flexibility index (Phi) is 3.77. The Hall–Kier alpha value is -1.10. The Balaban J connectivity index is 1.72. The number of carbonyl (C=O) groups excluding carboxylic acids is 2. The van der Waals surface area contributed by atoms with E-state index in [0.29, 0.717) is 19.5 Å². The molecule has 2 aliphatic rings. The summed E-state index contributed by atoms with van der Waals surface area (Å²) in [5.41, 5.74) is 0. The molecule has 1 atom stereocenters. The highest BCUT2D eigenvalue weighted by atomic mass is 16.5. The van der Waals surface area contributed by atoms with Gasteiger partial charge in [0.15, 0.2) is 0 Å². The minimum Gasteiger partial charge on any atom is -0.378 e. The van der Waals surface area contributed by atoms with Gasteiger partial charge in [-0.05, 0) is 19.3 Å². The maximum Gasteiger partial charge on any atom is 0.239 e. The van der Waals surface area contributed by atoms with Crippen molar-refractivity contribution in [3.05, 3.63) is 0 Å². The van der Waals surface area contributed by atoms with Gasteiger partial charge in [0, 0.05) is 26.1 Å². The van der Waals surface area contributed by atoms with Gasteiger partial charge < -0.3 is 15.0 Å². The second kappa shape index (κ2) is 5.30. The van der Waals surface area contributed by atoms with Gasteiger partial charge in [0.05, 0.1) is 12.6 Å². The van der Waals surface area contributed by atoms with E-state index >= 15 is 0 Å². The predicted molar refractivity (Wildman–Crippen MR) is 57.8 cm³/mol. The molecule has 2 amide bonds. The van der Waals surface area contributed by atoms with Gasteiger partial charge in [-0.3, -0.25) is 9.59 Å². The topological polar surface area (TPSA) is 58.6 Å². The molecule has 2 heterocycles. The third kappa shape index (κ3) is 2.95. The fourth-order valence-corrected chi connectivity index (χ4v) is 2.17. The van der Waals surface area contributed by atoms with Crippen molar-refractivity contribution in [2.75, 3.05) is 26.2 Å². The van der Waals surface area contributed by atoms with E-state index in [2.05, 4.69) is 5.32 Å². The van der Waals surface area contributed by atoms with Gasteiger partial charge >= 0.3 is 0 Å². The Morgan fingerprint density at radius 2 is 2.44 bits per heavy atom. The summed E-state index contributed by atoms with van der Waals surface area (Å²) in [5.74, 6) is 0.0158. The molecule has 5 heteroatoms. The van der Waals surface area contributed by atoms with Crippen molar-refractivity contribution >= 4 is 11.8 Å². The zero-order valence-corrected chi connectivity index (χ0v) is 9.41. The first kappa shape index (κ1) is 11.4. The highest BCUT2D eigenvalue weighted by Crippen LogP contribution is 2.17. The SMILES string of the molecule is O=C1CN(C(=O)CCC2CCCO2)CCN1. The van der Waals surface area contributed by atoms with Crippen LogP contribution in [0.2, 0.25) is 0 Å². The number of piperazine rings is 1. The summed E-state index contributed by atoms with van der Waals surface area (Å²) in [4.78, 5) is 24.5. The molecular formula is C11H18N2O3. The molecule has 1 N–H and O–H groups in total. The minimum atomic E-state index is -0.0586. The largest absolute Gasteiger partial charge is 0.378 e. The minimum absolute atomic E-state index is 0.0586. The van der Waals surface area contributed by atoms with Gasteiger partial charge in [-0.2, -0.15) is 0 Å². The molecule has 0 bridgehead atoms. The molecule has 2 saturated heterocycles. The standard InChI is InChI=1S/C11H18N2O3/c14-10-8-13(6-5-12-10)11(15)4-3-9-2-1-7-16-9/h9H,1-8H2,(H,12,14). The van der Waals surface area contributed by atoms with Gasteiger partial charge in [-0.25, -0.2) is 0 Å². The second-order valence-electron chi connectivity index (χ2n) is 4.34. The number of hydrogen-bond donors (Lipinski definition) is 1. The van der Waals surface area contributed by atoms with Gasteiger partial charge in [0.25, 0.3) is 0 Å². The van der Waals surface area contributed by atoms with Crippen LogP contribution in [-0.2, 0) is 14.3 Å². The number of rotatable bonds is 3. The average Bonchev–Trinajstić information content (AvgIpc) is 2.78. The van der Waals surface area contributed by atoms with Crippen LogP contribution in [0.25, 0.3) is 0 Å². The number of carbonyl (C=O) groups is 2. The molecule has 0 spiro atoms. The molecule has 16 heavy (non-hydrogen) atoms. The molecule has 0 aromatic heterocycles. The molecular weight excluding hydrogens is 208 g/mol. The average molecular weight is 226 g/mol. The lowest BCUT2D eigenvalue weighted by Crippen LogP contribution is -2.50. The molecule has 0 saturated carbocycles. The zero-order chi connectivity index (χ0) is 11.4. The molecule has 5 nitrogen and oxygen atoms in total. The van der Waals surface area contributed by atoms with Crippen molar-refractivity contribution in [3.8, 4) is 0 Å². The maximum atomic E-state index is 11.8. The van der Waals surface area contributed by atoms with E-state index in [-0.39, 0.29) is 24.5 Å². The Labute approximate surface area is 95.1 Å². The normalized spacial score (nSPS) is 25.6. The summed E-state index contributed by atoms with van der Waals surface area (Å²) in [6.07, 6.45) is 3.70. The first-order valence-corrected chi connectivity index (χ1v) is 5.92. The maximum absolute atomic E-state index is 11.8. The highest BCUT2D eigenvalue weighted by molar-refractivity contribution is 5.85. The second-order valence-corrected chi connectivity index (χ2v) is 4.34. The lowest BCUT2D eigenvalue weighted by atomic mass is 10.1. The summed E-state index contributed by atoms with van der Waals surface area (Å²) in [6, 6.07) is 0.